The highest BCUT2D eigenvalue weighted by Gasteiger charge is 2.00. The summed E-state index contributed by atoms with van der Waals surface area (Å²) >= 11 is 5.84. The van der Waals surface area contributed by atoms with Crippen LogP contribution in [0.3, 0.4) is 0 Å². The van der Waals surface area contributed by atoms with Gasteiger partial charge < -0.3 is 5.32 Å². The molecule has 0 aliphatic rings. The SMILES string of the molecule is CCNCc1cccc(-n2cc(Cl)cn2)c1. The lowest BCUT2D eigenvalue weighted by Crippen LogP contribution is -2.11. The minimum absolute atomic E-state index is 0.650. The summed E-state index contributed by atoms with van der Waals surface area (Å²) in [7, 11) is 0. The Bertz CT molecular complexity index is 465. The maximum atomic E-state index is 5.84. The predicted molar refractivity (Wildman–Crippen MR) is 66.0 cm³/mol. The Kier molecular flexibility index (Phi) is 3.59. The largest absolute Gasteiger partial charge is 0.313 e. The molecular weight excluding hydrogens is 222 g/mol. The summed E-state index contributed by atoms with van der Waals surface area (Å²) in [5.74, 6) is 0. The van der Waals surface area contributed by atoms with Gasteiger partial charge in [-0.3, -0.25) is 0 Å². The van der Waals surface area contributed by atoms with Crippen molar-refractivity contribution in [3.05, 3.63) is 47.2 Å². The fourth-order valence-corrected chi connectivity index (χ4v) is 1.66. The van der Waals surface area contributed by atoms with Crippen LogP contribution in [0.4, 0.5) is 0 Å². The summed E-state index contributed by atoms with van der Waals surface area (Å²) in [6.07, 6.45) is 3.44. The van der Waals surface area contributed by atoms with Gasteiger partial charge in [0.05, 0.1) is 16.9 Å². The minimum atomic E-state index is 0.650. The van der Waals surface area contributed by atoms with Gasteiger partial charge in [0.2, 0.25) is 0 Å². The molecule has 0 fully saturated rings. The van der Waals surface area contributed by atoms with Crippen molar-refractivity contribution in [2.24, 2.45) is 0 Å². The van der Waals surface area contributed by atoms with Crippen LogP contribution < -0.4 is 5.32 Å². The van der Waals surface area contributed by atoms with E-state index in [1.165, 1.54) is 5.56 Å². The van der Waals surface area contributed by atoms with Gasteiger partial charge in [-0.1, -0.05) is 30.7 Å². The van der Waals surface area contributed by atoms with Gasteiger partial charge in [-0.15, -0.1) is 0 Å². The highest BCUT2D eigenvalue weighted by molar-refractivity contribution is 6.30. The number of aromatic nitrogens is 2. The summed E-state index contributed by atoms with van der Waals surface area (Å²) in [6.45, 7) is 3.94. The second kappa shape index (κ2) is 5.14. The number of hydrogen-bond acceptors (Lipinski definition) is 2. The lowest BCUT2D eigenvalue weighted by molar-refractivity contribution is 0.725. The van der Waals surface area contributed by atoms with Gasteiger partial charge >= 0.3 is 0 Å². The minimum Gasteiger partial charge on any atom is -0.313 e. The van der Waals surface area contributed by atoms with Crippen LogP contribution in [-0.4, -0.2) is 16.3 Å². The van der Waals surface area contributed by atoms with Crippen LogP contribution in [0.2, 0.25) is 5.02 Å². The van der Waals surface area contributed by atoms with E-state index in [1.807, 2.05) is 12.1 Å². The van der Waals surface area contributed by atoms with Crippen molar-refractivity contribution in [3.8, 4) is 5.69 Å². The van der Waals surface area contributed by atoms with Gasteiger partial charge in [-0.05, 0) is 24.2 Å². The molecule has 4 heteroatoms. The number of rotatable bonds is 4. The maximum absolute atomic E-state index is 5.84. The number of benzene rings is 1. The number of nitrogens with zero attached hydrogens (tertiary/aromatic N) is 2. The number of hydrogen-bond donors (Lipinski definition) is 1. The first kappa shape index (κ1) is 11.2. The third-order valence-electron chi connectivity index (χ3n) is 2.31. The van der Waals surface area contributed by atoms with Crippen LogP contribution >= 0.6 is 11.6 Å². The summed E-state index contributed by atoms with van der Waals surface area (Å²) in [4.78, 5) is 0. The Labute approximate surface area is 100 Å². The van der Waals surface area contributed by atoms with Gasteiger partial charge in [0.15, 0.2) is 0 Å². The molecule has 1 N–H and O–H groups in total. The summed E-state index contributed by atoms with van der Waals surface area (Å²) in [6, 6.07) is 8.24. The third kappa shape index (κ3) is 2.62. The van der Waals surface area contributed by atoms with Crippen molar-refractivity contribution < 1.29 is 0 Å². The zero-order valence-electron chi connectivity index (χ0n) is 9.15. The standard InChI is InChI=1S/C12H14ClN3/c1-2-14-7-10-4-3-5-12(6-10)16-9-11(13)8-15-16/h3-6,8-9,14H,2,7H2,1H3. The molecule has 1 aromatic carbocycles. The first-order valence-electron chi connectivity index (χ1n) is 5.30. The van der Waals surface area contributed by atoms with Crippen molar-refractivity contribution in [3.63, 3.8) is 0 Å². The summed E-state index contributed by atoms with van der Waals surface area (Å²) in [5.41, 5.74) is 2.27. The molecule has 0 amide bonds. The van der Waals surface area contributed by atoms with E-state index in [0.717, 1.165) is 18.8 Å². The molecule has 16 heavy (non-hydrogen) atoms. The normalized spacial score (nSPS) is 10.6. The van der Waals surface area contributed by atoms with Gasteiger partial charge in [0.25, 0.3) is 0 Å². The molecule has 0 atom stereocenters. The Balaban J connectivity index is 2.22. The molecule has 2 rings (SSSR count). The lowest BCUT2D eigenvalue weighted by atomic mass is 10.2. The Morgan fingerprint density at radius 3 is 3.00 bits per heavy atom. The fraction of sp³-hybridized carbons (Fsp3) is 0.250. The predicted octanol–water partition coefficient (Wildman–Crippen LogP) is 2.64. The average molecular weight is 236 g/mol. The van der Waals surface area contributed by atoms with E-state index in [-0.39, 0.29) is 0 Å². The van der Waals surface area contributed by atoms with Gasteiger partial charge in [0, 0.05) is 12.7 Å². The first-order valence-corrected chi connectivity index (χ1v) is 5.67. The van der Waals surface area contributed by atoms with E-state index < -0.39 is 0 Å². The summed E-state index contributed by atoms with van der Waals surface area (Å²) < 4.78 is 1.78. The molecule has 0 radical (unpaired) electrons. The van der Waals surface area contributed by atoms with Crippen molar-refractivity contribution in [2.75, 3.05) is 6.54 Å². The molecule has 0 bridgehead atoms. The molecule has 0 aliphatic heterocycles. The average Bonchev–Trinajstić information content (AvgIpc) is 2.74. The summed E-state index contributed by atoms with van der Waals surface area (Å²) in [5, 5.41) is 8.11. The van der Waals surface area contributed by atoms with E-state index in [0.29, 0.717) is 5.02 Å². The zero-order chi connectivity index (χ0) is 11.4. The van der Waals surface area contributed by atoms with Crippen molar-refractivity contribution in [1.29, 1.82) is 0 Å². The van der Waals surface area contributed by atoms with Crippen LogP contribution in [0.5, 0.6) is 0 Å². The molecule has 3 nitrogen and oxygen atoms in total. The number of halogens is 1. The Morgan fingerprint density at radius 2 is 2.31 bits per heavy atom. The highest BCUT2D eigenvalue weighted by atomic mass is 35.5. The molecule has 0 spiro atoms. The Morgan fingerprint density at radius 1 is 1.44 bits per heavy atom. The third-order valence-corrected chi connectivity index (χ3v) is 2.50. The second-order valence-electron chi connectivity index (χ2n) is 3.55. The second-order valence-corrected chi connectivity index (χ2v) is 3.99. The molecule has 0 saturated heterocycles. The van der Waals surface area contributed by atoms with Crippen molar-refractivity contribution >= 4 is 11.6 Å². The van der Waals surface area contributed by atoms with Crippen LogP contribution in [0, 0.1) is 0 Å². The van der Waals surface area contributed by atoms with E-state index in [4.69, 9.17) is 11.6 Å². The lowest BCUT2D eigenvalue weighted by Gasteiger charge is -2.05. The van der Waals surface area contributed by atoms with E-state index in [9.17, 15) is 0 Å². The van der Waals surface area contributed by atoms with Crippen molar-refractivity contribution in [1.82, 2.24) is 15.1 Å². The molecule has 84 valence electrons. The molecule has 1 heterocycles. The molecule has 1 aromatic heterocycles. The number of nitrogens with one attached hydrogen (secondary N) is 1. The topological polar surface area (TPSA) is 29.9 Å². The molecule has 2 aromatic rings. The molecule has 0 saturated carbocycles. The molecule has 0 unspecified atom stereocenters. The van der Waals surface area contributed by atoms with Crippen LogP contribution in [0.25, 0.3) is 5.69 Å². The molecular formula is C12H14ClN3. The van der Waals surface area contributed by atoms with Crippen LogP contribution in [0.15, 0.2) is 36.7 Å². The van der Waals surface area contributed by atoms with E-state index >= 15 is 0 Å². The van der Waals surface area contributed by atoms with Gasteiger partial charge in [-0.2, -0.15) is 5.10 Å². The maximum Gasteiger partial charge on any atom is 0.0790 e. The van der Waals surface area contributed by atoms with E-state index in [2.05, 4.69) is 29.5 Å². The smallest absolute Gasteiger partial charge is 0.0790 e. The zero-order valence-corrected chi connectivity index (χ0v) is 9.91. The van der Waals surface area contributed by atoms with Crippen molar-refractivity contribution in [2.45, 2.75) is 13.5 Å². The molecule has 0 aliphatic carbocycles. The van der Waals surface area contributed by atoms with Gasteiger partial charge in [-0.25, -0.2) is 4.68 Å². The van der Waals surface area contributed by atoms with Gasteiger partial charge in [0.1, 0.15) is 0 Å². The van der Waals surface area contributed by atoms with Crippen LogP contribution in [0.1, 0.15) is 12.5 Å². The monoisotopic (exact) mass is 235 g/mol. The van der Waals surface area contributed by atoms with E-state index in [1.54, 1.807) is 17.1 Å². The van der Waals surface area contributed by atoms with Crippen LogP contribution in [-0.2, 0) is 6.54 Å². The highest BCUT2D eigenvalue weighted by Crippen LogP contribution is 2.13. The first-order chi connectivity index (χ1) is 7.79. The quantitative estimate of drug-likeness (QED) is 0.883. The fourth-order valence-electron chi connectivity index (χ4n) is 1.52. The Hall–Kier alpha value is -1.32.